The van der Waals surface area contributed by atoms with E-state index in [-0.39, 0.29) is 0 Å². The summed E-state index contributed by atoms with van der Waals surface area (Å²) in [5.41, 5.74) is 5.45. The Morgan fingerprint density at radius 3 is 2.80 bits per heavy atom. The van der Waals surface area contributed by atoms with Crippen molar-refractivity contribution in [2.75, 3.05) is 5.75 Å². The van der Waals surface area contributed by atoms with Crippen molar-refractivity contribution in [3.63, 3.8) is 0 Å². The van der Waals surface area contributed by atoms with Crippen LogP contribution in [-0.4, -0.2) is 20.7 Å². The van der Waals surface area contributed by atoms with Gasteiger partial charge in [-0.3, -0.25) is 0 Å². The third-order valence-electron chi connectivity index (χ3n) is 5.00. The number of thiophene rings is 1. The summed E-state index contributed by atoms with van der Waals surface area (Å²) in [6.45, 7) is 6.77. The second-order valence-corrected chi connectivity index (χ2v) is 9.24. The van der Waals surface area contributed by atoms with Crippen LogP contribution in [0.4, 0.5) is 0 Å². The zero-order chi connectivity index (χ0) is 17.4. The number of fused-ring (bicyclic) bond motifs is 5. The predicted octanol–water partition coefficient (Wildman–Crippen LogP) is 6.13. The summed E-state index contributed by atoms with van der Waals surface area (Å²) in [5, 5.41) is 2.46. The number of thioether (sulfide) groups is 1. The maximum atomic E-state index is 5.08. The molecule has 0 fully saturated rings. The van der Waals surface area contributed by atoms with Gasteiger partial charge in [0, 0.05) is 11.1 Å². The molecule has 0 spiro atoms. The number of hydrogen-bond acceptors (Lipinski definition) is 5. The summed E-state index contributed by atoms with van der Waals surface area (Å²) >= 11 is 3.67. The molecule has 3 aromatic heterocycles. The third-order valence-corrected chi connectivity index (χ3v) is 7.29. The van der Waals surface area contributed by atoms with Crippen molar-refractivity contribution < 1.29 is 0 Å². The van der Waals surface area contributed by atoms with Gasteiger partial charge >= 0.3 is 0 Å². The van der Waals surface area contributed by atoms with Gasteiger partial charge in [0.15, 0.2) is 0 Å². The van der Waals surface area contributed by atoms with Crippen molar-refractivity contribution in [1.29, 1.82) is 0 Å². The Balaban J connectivity index is 1.84. The fourth-order valence-electron chi connectivity index (χ4n) is 3.81. The lowest BCUT2D eigenvalue weighted by Gasteiger charge is -2.11. The van der Waals surface area contributed by atoms with E-state index in [1.807, 2.05) is 11.8 Å². The van der Waals surface area contributed by atoms with Crippen molar-refractivity contribution in [2.45, 2.75) is 70.2 Å². The molecule has 3 nitrogen and oxygen atoms in total. The average Bonchev–Trinajstić information content (AvgIpc) is 3.21. The minimum atomic E-state index is 0.482. The average molecular weight is 372 g/mol. The van der Waals surface area contributed by atoms with E-state index in [4.69, 9.17) is 4.98 Å². The second-order valence-electron chi connectivity index (χ2n) is 7.16. The van der Waals surface area contributed by atoms with Gasteiger partial charge in [-0.1, -0.05) is 33.6 Å². The fraction of sp³-hybridized carbons (Fsp3) is 0.550. The van der Waals surface area contributed by atoms with E-state index >= 15 is 0 Å². The molecule has 1 aliphatic rings. The molecule has 0 radical (unpaired) electrons. The molecule has 0 N–H and O–H groups in total. The highest BCUT2D eigenvalue weighted by Crippen LogP contribution is 2.42. The van der Waals surface area contributed by atoms with Gasteiger partial charge in [0.1, 0.15) is 16.2 Å². The van der Waals surface area contributed by atoms with Crippen LogP contribution in [0, 0.1) is 0 Å². The van der Waals surface area contributed by atoms with E-state index in [0.717, 1.165) is 21.1 Å². The summed E-state index contributed by atoms with van der Waals surface area (Å²) in [6, 6.07) is 0. The highest BCUT2D eigenvalue weighted by Gasteiger charge is 2.25. The van der Waals surface area contributed by atoms with Crippen LogP contribution in [0.15, 0.2) is 11.4 Å². The van der Waals surface area contributed by atoms with E-state index in [9.17, 15) is 0 Å². The summed E-state index contributed by atoms with van der Waals surface area (Å²) in [4.78, 5) is 15.5. The number of unbranched alkanes of at least 4 members (excludes halogenated alkanes) is 2. The minimum Gasteiger partial charge on any atom is -0.241 e. The molecule has 1 aliphatic carbocycles. The molecule has 0 saturated carbocycles. The fourth-order valence-corrected chi connectivity index (χ4v) is 6.05. The first-order valence-corrected chi connectivity index (χ1v) is 11.2. The lowest BCUT2D eigenvalue weighted by molar-refractivity contribution is 0.778. The molecule has 0 unspecified atom stereocenters. The molecule has 0 aliphatic heterocycles. The van der Waals surface area contributed by atoms with Crippen molar-refractivity contribution in [3.05, 3.63) is 23.1 Å². The molecule has 0 amide bonds. The van der Waals surface area contributed by atoms with Gasteiger partial charge in [-0.05, 0) is 48.5 Å². The third kappa shape index (κ3) is 3.06. The lowest BCUT2D eigenvalue weighted by atomic mass is 9.99. The van der Waals surface area contributed by atoms with E-state index in [0.29, 0.717) is 5.92 Å². The lowest BCUT2D eigenvalue weighted by Crippen LogP contribution is -2.00. The van der Waals surface area contributed by atoms with Gasteiger partial charge < -0.3 is 0 Å². The van der Waals surface area contributed by atoms with E-state index < -0.39 is 0 Å². The topological polar surface area (TPSA) is 38.7 Å². The molecule has 132 valence electrons. The maximum Gasteiger partial charge on any atom is 0.126 e. The first-order chi connectivity index (χ1) is 12.2. The second kappa shape index (κ2) is 7.20. The molecular formula is C20H25N3S2. The van der Waals surface area contributed by atoms with Crippen molar-refractivity contribution in [1.82, 2.24) is 15.0 Å². The normalized spacial score (nSPS) is 14.1. The van der Waals surface area contributed by atoms with Crippen LogP contribution in [0.25, 0.3) is 20.4 Å². The SMILES string of the molecule is CCCCCSc1ncnc2c1sc1nc(C(C)C)c3c(c12)CCC3. The van der Waals surface area contributed by atoms with Crippen LogP contribution in [0.5, 0.6) is 0 Å². The number of aromatic nitrogens is 3. The van der Waals surface area contributed by atoms with Gasteiger partial charge in [-0.2, -0.15) is 0 Å². The van der Waals surface area contributed by atoms with Crippen molar-refractivity contribution >= 4 is 43.5 Å². The van der Waals surface area contributed by atoms with E-state index in [2.05, 4.69) is 30.7 Å². The monoisotopic (exact) mass is 371 g/mol. The molecule has 0 atom stereocenters. The van der Waals surface area contributed by atoms with Gasteiger partial charge in [0.05, 0.1) is 10.2 Å². The predicted molar refractivity (Wildman–Crippen MR) is 109 cm³/mol. The smallest absolute Gasteiger partial charge is 0.126 e. The van der Waals surface area contributed by atoms with Crippen molar-refractivity contribution in [2.24, 2.45) is 0 Å². The van der Waals surface area contributed by atoms with Crippen LogP contribution >= 0.6 is 23.1 Å². The van der Waals surface area contributed by atoms with Crippen LogP contribution in [0.1, 0.15) is 69.2 Å². The molecular weight excluding hydrogens is 346 g/mol. The molecule has 25 heavy (non-hydrogen) atoms. The Kier molecular flexibility index (Phi) is 4.96. The minimum absolute atomic E-state index is 0.482. The Labute approximate surface area is 157 Å². The van der Waals surface area contributed by atoms with Crippen LogP contribution < -0.4 is 0 Å². The zero-order valence-corrected chi connectivity index (χ0v) is 16.9. The summed E-state index contributed by atoms with van der Waals surface area (Å²) in [5.74, 6) is 1.62. The number of hydrogen-bond donors (Lipinski definition) is 0. The molecule has 0 aromatic carbocycles. The first-order valence-electron chi connectivity index (χ1n) is 9.42. The highest BCUT2D eigenvalue weighted by molar-refractivity contribution is 7.99. The molecule has 4 rings (SSSR count). The molecule has 3 heterocycles. The van der Waals surface area contributed by atoms with Gasteiger partial charge in [0.2, 0.25) is 0 Å². The van der Waals surface area contributed by atoms with Gasteiger partial charge in [-0.25, -0.2) is 15.0 Å². The van der Waals surface area contributed by atoms with Gasteiger partial charge in [0.25, 0.3) is 0 Å². The summed E-state index contributed by atoms with van der Waals surface area (Å²) in [6.07, 6.45) is 9.14. The summed E-state index contributed by atoms with van der Waals surface area (Å²) < 4.78 is 1.24. The number of rotatable bonds is 6. The Morgan fingerprint density at radius 2 is 2.00 bits per heavy atom. The highest BCUT2D eigenvalue weighted by atomic mass is 32.2. The van der Waals surface area contributed by atoms with Crippen LogP contribution in [0.3, 0.4) is 0 Å². The molecule has 3 aromatic rings. The number of aryl methyl sites for hydroxylation is 1. The first kappa shape index (κ1) is 17.2. The Morgan fingerprint density at radius 1 is 1.16 bits per heavy atom. The standard InChI is InChI=1S/C20H25N3S2/c1-4-5-6-10-24-20-18-17(21-11-22-20)15-13-8-7-9-14(13)16(12(2)3)23-19(15)25-18/h11-12H,4-10H2,1-3H3. The number of pyridine rings is 1. The van der Waals surface area contributed by atoms with E-state index in [1.54, 1.807) is 17.7 Å². The Bertz CT molecular complexity index is 914. The quantitative estimate of drug-likeness (QED) is 0.297. The molecule has 5 heteroatoms. The molecule has 0 bridgehead atoms. The van der Waals surface area contributed by atoms with Crippen molar-refractivity contribution in [3.8, 4) is 0 Å². The zero-order valence-electron chi connectivity index (χ0n) is 15.3. The summed E-state index contributed by atoms with van der Waals surface area (Å²) in [7, 11) is 0. The maximum absolute atomic E-state index is 5.08. The number of nitrogens with zero attached hydrogens (tertiary/aromatic N) is 3. The van der Waals surface area contributed by atoms with Crippen LogP contribution in [-0.2, 0) is 12.8 Å². The largest absolute Gasteiger partial charge is 0.241 e. The van der Waals surface area contributed by atoms with Gasteiger partial charge in [-0.15, -0.1) is 23.1 Å². The molecule has 0 saturated heterocycles. The Hall–Kier alpha value is -1.20. The van der Waals surface area contributed by atoms with E-state index in [1.165, 1.54) is 65.4 Å². The van der Waals surface area contributed by atoms with Crippen LogP contribution in [0.2, 0.25) is 0 Å².